The zero-order chi connectivity index (χ0) is 29.1. The van der Waals surface area contributed by atoms with E-state index in [9.17, 15) is 9.59 Å². The van der Waals surface area contributed by atoms with Crippen molar-refractivity contribution < 1.29 is 23.8 Å². The zero-order valence-corrected chi connectivity index (χ0v) is 24.3. The average Bonchev–Trinajstić information content (AvgIpc) is 3.00. The lowest BCUT2D eigenvalue weighted by Crippen LogP contribution is -2.08. The molecule has 0 aliphatic heterocycles. The molecule has 0 saturated heterocycles. The highest BCUT2D eigenvalue weighted by atomic mass is 16.5. The van der Waals surface area contributed by atoms with Crippen LogP contribution in [0.3, 0.4) is 0 Å². The summed E-state index contributed by atoms with van der Waals surface area (Å²) in [4.78, 5) is 28.1. The van der Waals surface area contributed by atoms with Crippen LogP contribution in [0.25, 0.3) is 11.3 Å². The first kappa shape index (κ1) is 31.6. The molecule has 3 rings (SSSR count). The number of hydrogen-bond donors (Lipinski definition) is 0. The topological polar surface area (TPSA) is 74.7 Å². The Bertz CT molecular complexity index is 1190. The number of esters is 2. The van der Waals surface area contributed by atoms with Crippen LogP contribution in [-0.2, 0) is 16.0 Å². The SMILES string of the molecule is C=CC(=O)OCCCCCCCCCCCOc1ccc(C(=O)Oc2ccc(-c3ccc(CCC)cn3)cc2)cc1. The van der Waals surface area contributed by atoms with Gasteiger partial charge < -0.3 is 14.2 Å². The maximum atomic E-state index is 12.6. The fourth-order valence-corrected chi connectivity index (χ4v) is 4.44. The van der Waals surface area contributed by atoms with E-state index in [0.717, 1.165) is 55.5 Å². The lowest BCUT2D eigenvalue weighted by Gasteiger charge is -2.08. The van der Waals surface area contributed by atoms with Crippen molar-refractivity contribution in [1.29, 1.82) is 0 Å². The van der Waals surface area contributed by atoms with Gasteiger partial charge >= 0.3 is 11.9 Å². The quantitative estimate of drug-likeness (QED) is 0.0636. The Morgan fingerprint density at radius 3 is 1.95 bits per heavy atom. The molecule has 6 heteroatoms. The molecule has 1 aromatic heterocycles. The van der Waals surface area contributed by atoms with E-state index in [1.54, 1.807) is 24.3 Å². The summed E-state index contributed by atoms with van der Waals surface area (Å²) in [5, 5.41) is 0. The van der Waals surface area contributed by atoms with E-state index < -0.39 is 5.97 Å². The predicted molar refractivity (Wildman–Crippen MR) is 163 cm³/mol. The van der Waals surface area contributed by atoms with E-state index >= 15 is 0 Å². The molecule has 0 unspecified atom stereocenters. The highest BCUT2D eigenvalue weighted by Gasteiger charge is 2.10. The molecule has 0 atom stereocenters. The van der Waals surface area contributed by atoms with Crippen molar-refractivity contribution in [3.05, 3.63) is 90.6 Å². The summed E-state index contributed by atoms with van der Waals surface area (Å²) >= 11 is 0. The van der Waals surface area contributed by atoms with Crippen LogP contribution in [0.1, 0.15) is 87.1 Å². The summed E-state index contributed by atoms with van der Waals surface area (Å²) in [6.45, 7) is 6.69. The number of pyridine rings is 1. The zero-order valence-electron chi connectivity index (χ0n) is 24.3. The minimum Gasteiger partial charge on any atom is -0.494 e. The van der Waals surface area contributed by atoms with Crippen molar-refractivity contribution in [1.82, 2.24) is 4.98 Å². The molecule has 3 aromatic rings. The van der Waals surface area contributed by atoms with Crippen LogP contribution in [0.4, 0.5) is 0 Å². The number of aromatic nitrogens is 1. The molecular weight excluding hydrogens is 514 g/mol. The number of nitrogens with zero attached hydrogens (tertiary/aromatic N) is 1. The van der Waals surface area contributed by atoms with Gasteiger partial charge in [-0.25, -0.2) is 9.59 Å². The maximum absolute atomic E-state index is 12.6. The van der Waals surface area contributed by atoms with Crippen molar-refractivity contribution in [3.63, 3.8) is 0 Å². The second kappa shape index (κ2) is 18.4. The first-order chi connectivity index (χ1) is 20.1. The average molecular weight is 558 g/mol. The van der Waals surface area contributed by atoms with E-state index in [2.05, 4.69) is 24.6 Å². The number of carbonyl (C=O) groups excluding carboxylic acids is 2. The molecule has 0 radical (unpaired) electrons. The fourth-order valence-electron chi connectivity index (χ4n) is 4.44. The highest BCUT2D eigenvalue weighted by molar-refractivity contribution is 5.91. The Labute approximate surface area is 244 Å². The fraction of sp³-hybridized carbons (Fsp3) is 0.400. The molecule has 2 aromatic carbocycles. The molecule has 0 spiro atoms. The van der Waals surface area contributed by atoms with Crippen LogP contribution < -0.4 is 9.47 Å². The van der Waals surface area contributed by atoms with Crippen LogP contribution in [0.15, 0.2) is 79.5 Å². The number of hydrogen-bond acceptors (Lipinski definition) is 6. The summed E-state index contributed by atoms with van der Waals surface area (Å²) in [6.07, 6.45) is 15.5. The van der Waals surface area contributed by atoms with Crippen LogP contribution in [-0.4, -0.2) is 30.1 Å². The molecule has 0 N–H and O–H groups in total. The van der Waals surface area contributed by atoms with Crippen molar-refractivity contribution in [2.24, 2.45) is 0 Å². The number of benzene rings is 2. The van der Waals surface area contributed by atoms with Gasteiger partial charge in [-0.3, -0.25) is 4.98 Å². The molecule has 0 amide bonds. The molecule has 0 bridgehead atoms. The van der Waals surface area contributed by atoms with Crippen molar-refractivity contribution in [2.75, 3.05) is 13.2 Å². The van der Waals surface area contributed by atoms with Gasteiger partial charge in [-0.2, -0.15) is 0 Å². The highest BCUT2D eigenvalue weighted by Crippen LogP contribution is 2.22. The third-order valence-electron chi connectivity index (χ3n) is 6.78. The van der Waals surface area contributed by atoms with Crippen LogP contribution >= 0.6 is 0 Å². The number of aryl methyl sites for hydroxylation is 1. The first-order valence-corrected chi connectivity index (χ1v) is 14.9. The second-order valence-electron chi connectivity index (χ2n) is 10.1. The summed E-state index contributed by atoms with van der Waals surface area (Å²) in [7, 11) is 0. The molecule has 6 nitrogen and oxygen atoms in total. The van der Waals surface area contributed by atoms with Crippen LogP contribution in [0.5, 0.6) is 11.5 Å². The first-order valence-electron chi connectivity index (χ1n) is 14.9. The Balaban J connectivity index is 1.26. The van der Waals surface area contributed by atoms with Crippen molar-refractivity contribution in [2.45, 2.75) is 77.6 Å². The van der Waals surface area contributed by atoms with Crippen molar-refractivity contribution in [3.8, 4) is 22.8 Å². The van der Waals surface area contributed by atoms with Gasteiger partial charge in [0.2, 0.25) is 0 Å². The Morgan fingerprint density at radius 2 is 1.37 bits per heavy atom. The standard InChI is InChI=1S/C35H43NO5/c1-3-14-28-15-24-33(36-27-28)29-16-22-32(23-17-29)41-35(38)30-18-20-31(21-19-30)39-25-12-10-8-6-5-7-9-11-13-26-40-34(37)4-2/h4,15-24,27H,2-3,5-14,25-26H2,1H3. The van der Waals surface area contributed by atoms with E-state index in [1.807, 2.05) is 36.5 Å². The maximum Gasteiger partial charge on any atom is 0.343 e. The van der Waals surface area contributed by atoms with Crippen LogP contribution in [0.2, 0.25) is 0 Å². The van der Waals surface area contributed by atoms with E-state index in [1.165, 1.54) is 43.7 Å². The van der Waals surface area contributed by atoms with Gasteiger partial charge in [0.25, 0.3) is 0 Å². The number of unbranched alkanes of at least 4 members (excludes halogenated alkanes) is 8. The Morgan fingerprint density at radius 1 is 0.756 bits per heavy atom. The van der Waals surface area contributed by atoms with Gasteiger partial charge in [0, 0.05) is 17.8 Å². The van der Waals surface area contributed by atoms with Crippen molar-refractivity contribution >= 4 is 11.9 Å². The molecule has 1 heterocycles. The molecule has 0 saturated carbocycles. The Kier molecular flexibility index (Phi) is 14.2. The van der Waals surface area contributed by atoms with Gasteiger partial charge in [-0.05, 0) is 79.4 Å². The molecular formula is C35H43NO5. The molecule has 41 heavy (non-hydrogen) atoms. The number of ether oxygens (including phenoxy) is 3. The van der Waals surface area contributed by atoms with Crippen LogP contribution in [0, 0.1) is 0 Å². The number of rotatable bonds is 19. The van der Waals surface area contributed by atoms with Gasteiger partial charge in [0.15, 0.2) is 0 Å². The normalized spacial score (nSPS) is 10.7. The molecule has 0 fully saturated rings. The largest absolute Gasteiger partial charge is 0.494 e. The lowest BCUT2D eigenvalue weighted by atomic mass is 10.1. The minimum atomic E-state index is -0.400. The van der Waals surface area contributed by atoms with Gasteiger partial charge in [-0.1, -0.05) is 70.9 Å². The van der Waals surface area contributed by atoms with Gasteiger partial charge in [0.05, 0.1) is 24.5 Å². The summed E-state index contributed by atoms with van der Waals surface area (Å²) in [5.41, 5.74) is 3.59. The molecule has 0 aliphatic rings. The lowest BCUT2D eigenvalue weighted by molar-refractivity contribution is -0.137. The minimum absolute atomic E-state index is 0.341. The van der Waals surface area contributed by atoms with Gasteiger partial charge in [0.1, 0.15) is 11.5 Å². The molecule has 218 valence electrons. The summed E-state index contributed by atoms with van der Waals surface area (Å²) < 4.78 is 16.4. The van der Waals surface area contributed by atoms with E-state index in [-0.39, 0.29) is 5.97 Å². The Hall–Kier alpha value is -3.93. The van der Waals surface area contributed by atoms with E-state index in [0.29, 0.717) is 24.5 Å². The smallest absolute Gasteiger partial charge is 0.343 e. The second-order valence-corrected chi connectivity index (χ2v) is 10.1. The van der Waals surface area contributed by atoms with E-state index in [4.69, 9.17) is 14.2 Å². The third-order valence-corrected chi connectivity index (χ3v) is 6.78. The van der Waals surface area contributed by atoms with Gasteiger partial charge in [-0.15, -0.1) is 0 Å². The summed E-state index contributed by atoms with van der Waals surface area (Å²) in [5.74, 6) is 0.504. The number of carbonyl (C=O) groups is 2. The summed E-state index contributed by atoms with van der Waals surface area (Å²) in [6, 6.07) is 18.6. The predicted octanol–water partition coefficient (Wildman–Crippen LogP) is 8.54. The molecule has 0 aliphatic carbocycles. The monoisotopic (exact) mass is 557 g/mol. The third kappa shape index (κ3) is 12.0.